The minimum Gasteiger partial charge on any atom is -0.492 e. The van der Waals surface area contributed by atoms with E-state index in [1.165, 1.54) is 12.3 Å². The number of ether oxygens (including phenoxy) is 2. The van der Waals surface area contributed by atoms with Gasteiger partial charge >= 0.3 is 5.97 Å². The highest BCUT2D eigenvalue weighted by molar-refractivity contribution is 5.71. The van der Waals surface area contributed by atoms with Gasteiger partial charge in [0.2, 0.25) is 0 Å². The number of benzene rings is 1. The van der Waals surface area contributed by atoms with E-state index >= 15 is 0 Å². The highest BCUT2D eigenvalue weighted by atomic mass is 16.5. The minimum atomic E-state index is -0.871. The van der Waals surface area contributed by atoms with E-state index in [0.717, 1.165) is 5.56 Å². The number of nitrogens with zero attached hydrogens (tertiary/aromatic N) is 2. The van der Waals surface area contributed by atoms with Gasteiger partial charge in [-0.25, -0.2) is 4.98 Å². The molecular weight excluding hydrogens is 284 g/mol. The molecule has 0 amide bonds. The van der Waals surface area contributed by atoms with Crippen molar-refractivity contribution in [2.75, 3.05) is 6.61 Å². The van der Waals surface area contributed by atoms with Gasteiger partial charge in [0.15, 0.2) is 0 Å². The Morgan fingerprint density at radius 1 is 1.36 bits per heavy atom. The molecule has 1 aromatic heterocycles. The molecule has 1 aliphatic heterocycles. The lowest BCUT2D eigenvalue weighted by Crippen LogP contribution is -2.27. The third-order valence-corrected chi connectivity index (χ3v) is 3.37. The number of rotatable bonds is 3. The van der Waals surface area contributed by atoms with E-state index in [4.69, 9.17) is 19.8 Å². The molecule has 0 bridgehead atoms. The zero-order valence-electron chi connectivity index (χ0n) is 11.5. The summed E-state index contributed by atoms with van der Waals surface area (Å²) >= 11 is 0. The summed E-state index contributed by atoms with van der Waals surface area (Å²) in [5.41, 5.74) is 1.07. The fraction of sp³-hybridized carbons (Fsp3) is 0.188. The molecule has 2 heterocycles. The number of aliphatic carboxylic acids is 1. The van der Waals surface area contributed by atoms with Crippen LogP contribution in [0.25, 0.3) is 0 Å². The van der Waals surface area contributed by atoms with Crippen molar-refractivity contribution >= 4 is 5.97 Å². The molecule has 110 valence electrons. The highest BCUT2D eigenvalue weighted by Gasteiger charge is 2.25. The Bertz CT molecular complexity index is 767. The summed E-state index contributed by atoms with van der Waals surface area (Å²) in [7, 11) is 0. The van der Waals surface area contributed by atoms with E-state index in [-0.39, 0.29) is 12.3 Å². The Kier molecular flexibility index (Phi) is 3.62. The van der Waals surface area contributed by atoms with Gasteiger partial charge in [0.1, 0.15) is 35.6 Å². The quantitative estimate of drug-likeness (QED) is 0.934. The molecule has 1 unspecified atom stereocenters. The first-order chi connectivity index (χ1) is 10.7. The number of carbonyl (C=O) groups is 1. The lowest BCUT2D eigenvalue weighted by Gasteiger charge is -2.23. The number of carboxylic acid groups (broad SMARTS) is 1. The monoisotopic (exact) mass is 296 g/mol. The van der Waals surface area contributed by atoms with E-state index in [9.17, 15) is 4.79 Å². The molecule has 3 rings (SSSR count). The molecule has 1 N–H and O–H groups in total. The van der Waals surface area contributed by atoms with E-state index < -0.39 is 11.9 Å². The number of carboxylic acids is 1. The maximum atomic E-state index is 11.1. The van der Waals surface area contributed by atoms with Crippen LogP contribution in [0.1, 0.15) is 11.3 Å². The molecule has 0 saturated carbocycles. The summed E-state index contributed by atoms with van der Waals surface area (Å²) in [5, 5.41) is 17.9. The largest absolute Gasteiger partial charge is 0.492 e. The Hall–Kier alpha value is -3.07. The highest BCUT2D eigenvalue weighted by Crippen LogP contribution is 2.32. The van der Waals surface area contributed by atoms with Crippen molar-refractivity contribution in [1.82, 2.24) is 4.98 Å². The van der Waals surface area contributed by atoms with Crippen molar-refractivity contribution in [2.24, 2.45) is 5.92 Å². The SMILES string of the molecule is N#Cc1cc(Oc2ccc3c(c2)CC(C(=O)O)CO3)ccn1. The third kappa shape index (κ3) is 2.83. The van der Waals surface area contributed by atoms with Gasteiger partial charge in [-0.3, -0.25) is 4.79 Å². The maximum Gasteiger partial charge on any atom is 0.310 e. The van der Waals surface area contributed by atoms with Gasteiger partial charge in [0.25, 0.3) is 0 Å². The van der Waals surface area contributed by atoms with Gasteiger partial charge in [0, 0.05) is 12.3 Å². The first-order valence-electron chi connectivity index (χ1n) is 6.68. The number of nitriles is 1. The van der Waals surface area contributed by atoms with Crippen LogP contribution in [-0.2, 0) is 11.2 Å². The number of fused-ring (bicyclic) bond motifs is 1. The minimum absolute atomic E-state index is 0.179. The second kappa shape index (κ2) is 5.74. The van der Waals surface area contributed by atoms with Gasteiger partial charge < -0.3 is 14.6 Å². The predicted octanol–water partition coefficient (Wildman–Crippen LogP) is 2.38. The average Bonchev–Trinajstić information content (AvgIpc) is 2.54. The Morgan fingerprint density at radius 3 is 2.95 bits per heavy atom. The van der Waals surface area contributed by atoms with Gasteiger partial charge in [-0.1, -0.05) is 0 Å². The number of hydrogen-bond donors (Lipinski definition) is 1. The maximum absolute atomic E-state index is 11.1. The van der Waals surface area contributed by atoms with Crippen LogP contribution in [0, 0.1) is 17.2 Å². The summed E-state index contributed by atoms with van der Waals surface area (Å²) in [6.45, 7) is 0.179. The Balaban J connectivity index is 1.83. The molecule has 0 fully saturated rings. The van der Waals surface area contributed by atoms with Gasteiger partial charge in [-0.2, -0.15) is 5.26 Å². The molecular formula is C16H12N2O4. The lowest BCUT2D eigenvalue weighted by molar-refractivity contribution is -0.143. The van der Waals surface area contributed by atoms with Gasteiger partial charge in [0.05, 0.1) is 5.92 Å². The number of hydrogen-bond acceptors (Lipinski definition) is 5. The number of aromatic nitrogens is 1. The topological polar surface area (TPSA) is 92.4 Å². The van der Waals surface area contributed by atoms with Crippen molar-refractivity contribution < 1.29 is 19.4 Å². The third-order valence-electron chi connectivity index (χ3n) is 3.37. The molecule has 0 aliphatic carbocycles. The summed E-state index contributed by atoms with van der Waals surface area (Å²) in [6, 6.07) is 10.4. The molecule has 1 aromatic carbocycles. The fourth-order valence-electron chi connectivity index (χ4n) is 2.26. The van der Waals surface area contributed by atoms with Crippen LogP contribution in [0.15, 0.2) is 36.5 Å². The summed E-state index contributed by atoms with van der Waals surface area (Å²) in [6.07, 6.45) is 1.90. The molecule has 22 heavy (non-hydrogen) atoms. The van der Waals surface area contributed by atoms with Crippen LogP contribution in [-0.4, -0.2) is 22.7 Å². The van der Waals surface area contributed by atoms with E-state index in [2.05, 4.69) is 4.98 Å². The molecule has 1 aliphatic rings. The summed E-state index contributed by atoms with van der Waals surface area (Å²) in [4.78, 5) is 14.9. The smallest absolute Gasteiger partial charge is 0.310 e. The molecule has 0 radical (unpaired) electrons. The fourth-order valence-corrected chi connectivity index (χ4v) is 2.26. The van der Waals surface area contributed by atoms with E-state index in [1.807, 2.05) is 6.07 Å². The average molecular weight is 296 g/mol. The second-order valence-corrected chi connectivity index (χ2v) is 4.91. The Labute approximate surface area is 126 Å². The van der Waals surface area contributed by atoms with Crippen LogP contribution < -0.4 is 9.47 Å². The first kappa shape index (κ1) is 13.9. The molecule has 6 heteroatoms. The lowest BCUT2D eigenvalue weighted by atomic mass is 9.97. The van der Waals surface area contributed by atoms with Crippen LogP contribution >= 0.6 is 0 Å². The molecule has 2 aromatic rings. The van der Waals surface area contributed by atoms with Crippen molar-refractivity contribution in [3.8, 4) is 23.3 Å². The second-order valence-electron chi connectivity index (χ2n) is 4.91. The van der Waals surface area contributed by atoms with Crippen molar-refractivity contribution in [1.29, 1.82) is 5.26 Å². The van der Waals surface area contributed by atoms with E-state index in [0.29, 0.717) is 23.7 Å². The summed E-state index contributed by atoms with van der Waals surface area (Å²) in [5.74, 6) is 0.317. The molecule has 1 atom stereocenters. The van der Waals surface area contributed by atoms with Crippen molar-refractivity contribution in [2.45, 2.75) is 6.42 Å². The molecule has 6 nitrogen and oxygen atoms in total. The summed E-state index contributed by atoms with van der Waals surface area (Å²) < 4.78 is 11.1. The van der Waals surface area contributed by atoms with Crippen molar-refractivity contribution in [3.05, 3.63) is 47.8 Å². The van der Waals surface area contributed by atoms with E-state index in [1.54, 1.807) is 24.3 Å². The standard InChI is InChI=1S/C16H12N2O4/c17-8-12-7-14(3-4-18-12)22-13-1-2-15-10(6-13)5-11(9-21-15)16(19)20/h1-4,6-7,11H,5,9H2,(H,19,20). The van der Waals surface area contributed by atoms with Gasteiger partial charge in [-0.05, 0) is 36.2 Å². The van der Waals surface area contributed by atoms with Crippen molar-refractivity contribution in [3.63, 3.8) is 0 Å². The molecule has 0 saturated heterocycles. The predicted molar refractivity (Wildman–Crippen MR) is 75.8 cm³/mol. The normalized spacial score (nSPS) is 16.0. The van der Waals surface area contributed by atoms with Crippen LogP contribution in [0.4, 0.5) is 0 Å². The zero-order chi connectivity index (χ0) is 15.5. The van der Waals surface area contributed by atoms with Crippen LogP contribution in [0.2, 0.25) is 0 Å². The Morgan fingerprint density at radius 2 is 2.18 bits per heavy atom. The first-order valence-corrected chi connectivity index (χ1v) is 6.68. The van der Waals surface area contributed by atoms with Crippen LogP contribution in [0.5, 0.6) is 17.2 Å². The van der Waals surface area contributed by atoms with Crippen LogP contribution in [0.3, 0.4) is 0 Å². The molecule has 0 spiro atoms. The number of pyridine rings is 1. The van der Waals surface area contributed by atoms with Gasteiger partial charge in [-0.15, -0.1) is 0 Å². The zero-order valence-corrected chi connectivity index (χ0v) is 11.5.